The molecular formula is C8H12N2. The lowest BCUT2D eigenvalue weighted by atomic mass is 10.1. The van der Waals surface area contributed by atoms with Crippen molar-refractivity contribution in [1.82, 2.24) is 0 Å². The van der Waals surface area contributed by atoms with E-state index in [2.05, 4.69) is 10.9 Å². The van der Waals surface area contributed by atoms with Crippen LogP contribution in [0.4, 0.5) is 0 Å². The molecule has 1 atom stereocenters. The van der Waals surface area contributed by atoms with Crippen LogP contribution in [-0.2, 0) is 0 Å². The second kappa shape index (κ2) is 4.75. The van der Waals surface area contributed by atoms with Crippen LogP contribution in [0.3, 0.4) is 0 Å². The number of terminal acetylenes is 1. The predicted molar refractivity (Wildman–Crippen MR) is 44.8 cm³/mol. The first-order chi connectivity index (χ1) is 4.72. The Morgan fingerprint density at radius 1 is 1.90 bits per heavy atom. The standard InChI is InChI=1S/C8H12N2/c1-4-7(3)8(9)6-10-5-2/h1,6-7,9H,5H2,2-3H3. The van der Waals surface area contributed by atoms with E-state index in [9.17, 15) is 0 Å². The van der Waals surface area contributed by atoms with Crippen LogP contribution >= 0.6 is 0 Å². The quantitative estimate of drug-likeness (QED) is 0.449. The van der Waals surface area contributed by atoms with Gasteiger partial charge in [-0.2, -0.15) is 0 Å². The first-order valence-electron chi connectivity index (χ1n) is 3.26. The van der Waals surface area contributed by atoms with E-state index in [-0.39, 0.29) is 5.92 Å². The number of nitrogens with zero attached hydrogens (tertiary/aromatic N) is 1. The molecule has 2 nitrogen and oxygen atoms in total. The van der Waals surface area contributed by atoms with Crippen molar-refractivity contribution in [2.45, 2.75) is 13.8 Å². The largest absolute Gasteiger partial charge is 0.302 e. The minimum Gasteiger partial charge on any atom is -0.302 e. The molecule has 2 heteroatoms. The van der Waals surface area contributed by atoms with Crippen molar-refractivity contribution in [2.24, 2.45) is 10.9 Å². The summed E-state index contributed by atoms with van der Waals surface area (Å²) in [4.78, 5) is 3.90. The zero-order valence-electron chi connectivity index (χ0n) is 6.39. The first kappa shape index (κ1) is 8.90. The number of hydrogen-bond acceptors (Lipinski definition) is 2. The Morgan fingerprint density at radius 3 is 2.90 bits per heavy atom. The van der Waals surface area contributed by atoms with Gasteiger partial charge in [0.15, 0.2) is 0 Å². The fourth-order valence-electron chi connectivity index (χ4n) is 0.391. The van der Waals surface area contributed by atoms with Crippen LogP contribution < -0.4 is 0 Å². The second-order valence-corrected chi connectivity index (χ2v) is 1.97. The Labute approximate surface area is 61.9 Å². The van der Waals surface area contributed by atoms with E-state index in [0.717, 1.165) is 0 Å². The molecule has 0 aliphatic carbocycles. The van der Waals surface area contributed by atoms with Gasteiger partial charge in [-0.15, -0.1) is 6.42 Å². The molecule has 10 heavy (non-hydrogen) atoms. The normalized spacial score (nSPS) is 12.9. The molecule has 0 aliphatic heterocycles. The fourth-order valence-corrected chi connectivity index (χ4v) is 0.391. The SMILES string of the molecule is C#CC(C)C(=N)C=NCC. The Kier molecular flexibility index (Phi) is 4.23. The van der Waals surface area contributed by atoms with Gasteiger partial charge in [-0.3, -0.25) is 4.99 Å². The van der Waals surface area contributed by atoms with Crippen LogP contribution in [-0.4, -0.2) is 18.5 Å². The van der Waals surface area contributed by atoms with Gasteiger partial charge in [0, 0.05) is 12.8 Å². The molecular weight excluding hydrogens is 124 g/mol. The van der Waals surface area contributed by atoms with Gasteiger partial charge in [0.25, 0.3) is 0 Å². The smallest absolute Gasteiger partial charge is 0.0639 e. The summed E-state index contributed by atoms with van der Waals surface area (Å²) >= 11 is 0. The third kappa shape index (κ3) is 3.03. The van der Waals surface area contributed by atoms with Gasteiger partial charge in [0.1, 0.15) is 0 Å². The van der Waals surface area contributed by atoms with Gasteiger partial charge in [-0.05, 0) is 13.8 Å². The predicted octanol–water partition coefficient (Wildman–Crippen LogP) is 1.37. The third-order valence-corrected chi connectivity index (χ3v) is 1.13. The Morgan fingerprint density at radius 2 is 2.50 bits per heavy atom. The van der Waals surface area contributed by atoms with Gasteiger partial charge < -0.3 is 5.41 Å². The molecule has 0 radical (unpaired) electrons. The van der Waals surface area contributed by atoms with E-state index in [1.807, 2.05) is 13.8 Å². The highest BCUT2D eigenvalue weighted by molar-refractivity contribution is 6.30. The zero-order chi connectivity index (χ0) is 7.98. The van der Waals surface area contributed by atoms with Gasteiger partial charge in [0.2, 0.25) is 0 Å². The number of aliphatic imine (C=N–C) groups is 1. The molecule has 0 fully saturated rings. The van der Waals surface area contributed by atoms with Crippen LogP contribution in [0.5, 0.6) is 0 Å². The van der Waals surface area contributed by atoms with Crippen molar-refractivity contribution in [3.8, 4) is 12.3 Å². The van der Waals surface area contributed by atoms with Crippen molar-refractivity contribution in [3.05, 3.63) is 0 Å². The van der Waals surface area contributed by atoms with Crippen LogP contribution in [0.25, 0.3) is 0 Å². The molecule has 1 unspecified atom stereocenters. The van der Waals surface area contributed by atoms with Crippen LogP contribution in [0.1, 0.15) is 13.8 Å². The maximum atomic E-state index is 7.31. The second-order valence-electron chi connectivity index (χ2n) is 1.97. The highest BCUT2D eigenvalue weighted by atomic mass is 14.7. The topological polar surface area (TPSA) is 36.2 Å². The summed E-state index contributed by atoms with van der Waals surface area (Å²) in [7, 11) is 0. The van der Waals surface area contributed by atoms with Crippen molar-refractivity contribution in [2.75, 3.05) is 6.54 Å². The van der Waals surface area contributed by atoms with Gasteiger partial charge in [-0.25, -0.2) is 0 Å². The summed E-state index contributed by atoms with van der Waals surface area (Å²) in [5.74, 6) is 2.34. The lowest BCUT2D eigenvalue weighted by Gasteiger charge is -1.97. The Balaban J connectivity index is 3.88. The highest BCUT2D eigenvalue weighted by Gasteiger charge is 1.99. The molecule has 0 aromatic rings. The summed E-state index contributed by atoms with van der Waals surface area (Å²) in [6, 6.07) is 0. The molecule has 0 heterocycles. The van der Waals surface area contributed by atoms with Gasteiger partial charge in [0.05, 0.1) is 11.6 Å². The van der Waals surface area contributed by atoms with E-state index in [0.29, 0.717) is 12.3 Å². The molecule has 54 valence electrons. The molecule has 0 rings (SSSR count). The van der Waals surface area contributed by atoms with Gasteiger partial charge in [-0.1, -0.05) is 5.92 Å². The number of hydrogen-bond donors (Lipinski definition) is 1. The first-order valence-corrected chi connectivity index (χ1v) is 3.26. The summed E-state index contributed by atoms with van der Waals surface area (Å²) in [5, 5.41) is 7.31. The zero-order valence-corrected chi connectivity index (χ0v) is 6.39. The summed E-state index contributed by atoms with van der Waals surface area (Å²) < 4.78 is 0. The lowest BCUT2D eigenvalue weighted by molar-refractivity contribution is 1.04. The van der Waals surface area contributed by atoms with E-state index < -0.39 is 0 Å². The number of rotatable bonds is 3. The summed E-state index contributed by atoms with van der Waals surface area (Å²) in [5.41, 5.74) is 0.407. The molecule has 0 aliphatic rings. The van der Waals surface area contributed by atoms with E-state index in [4.69, 9.17) is 11.8 Å². The van der Waals surface area contributed by atoms with Crippen LogP contribution in [0, 0.1) is 23.7 Å². The number of nitrogens with one attached hydrogen (secondary N) is 1. The minimum absolute atomic E-state index is 0.115. The van der Waals surface area contributed by atoms with E-state index >= 15 is 0 Å². The Hall–Kier alpha value is -1.10. The van der Waals surface area contributed by atoms with Crippen LogP contribution in [0.2, 0.25) is 0 Å². The molecule has 0 amide bonds. The van der Waals surface area contributed by atoms with Crippen molar-refractivity contribution < 1.29 is 0 Å². The summed E-state index contributed by atoms with van der Waals surface area (Å²) in [6.07, 6.45) is 6.61. The molecule has 1 N–H and O–H groups in total. The molecule has 0 saturated carbocycles. The molecule has 0 saturated heterocycles. The maximum absolute atomic E-state index is 7.31. The third-order valence-electron chi connectivity index (χ3n) is 1.13. The monoisotopic (exact) mass is 136 g/mol. The molecule has 0 spiro atoms. The van der Waals surface area contributed by atoms with Crippen LogP contribution in [0.15, 0.2) is 4.99 Å². The average molecular weight is 136 g/mol. The lowest BCUT2D eigenvalue weighted by Crippen LogP contribution is -2.08. The minimum atomic E-state index is -0.115. The van der Waals surface area contributed by atoms with Gasteiger partial charge >= 0.3 is 0 Å². The maximum Gasteiger partial charge on any atom is 0.0639 e. The molecule has 0 bridgehead atoms. The summed E-state index contributed by atoms with van der Waals surface area (Å²) in [6.45, 7) is 4.44. The fraction of sp³-hybridized carbons (Fsp3) is 0.500. The van der Waals surface area contributed by atoms with E-state index in [1.54, 1.807) is 0 Å². The van der Waals surface area contributed by atoms with Crippen molar-refractivity contribution >= 4 is 11.9 Å². The molecule has 0 aromatic carbocycles. The highest BCUT2D eigenvalue weighted by Crippen LogP contribution is 1.91. The van der Waals surface area contributed by atoms with E-state index in [1.165, 1.54) is 6.21 Å². The average Bonchev–Trinajstić information content (AvgIpc) is 1.98. The van der Waals surface area contributed by atoms with Crippen molar-refractivity contribution in [3.63, 3.8) is 0 Å². The Bertz CT molecular complexity index is 174. The van der Waals surface area contributed by atoms with Crippen molar-refractivity contribution in [1.29, 1.82) is 5.41 Å². The molecule has 0 aromatic heterocycles.